The highest BCUT2D eigenvalue weighted by molar-refractivity contribution is 5.94. The molecule has 0 amide bonds. The average molecular weight is 478 g/mol. The number of nitriles is 2. The molecule has 0 fully saturated rings. The van der Waals surface area contributed by atoms with Crippen molar-refractivity contribution < 1.29 is 4.74 Å². The molecule has 176 valence electrons. The number of rotatable bonds is 6. The smallest absolute Gasteiger partial charge is 0.119 e. The molecule has 0 aliphatic heterocycles. The highest BCUT2D eigenvalue weighted by Gasteiger charge is 2.12. The van der Waals surface area contributed by atoms with Crippen LogP contribution in [-0.2, 0) is 0 Å². The number of hydrogen-bond donors (Lipinski definition) is 0. The van der Waals surface area contributed by atoms with Crippen LogP contribution in [0.1, 0.15) is 22.3 Å². The quantitative estimate of drug-likeness (QED) is 0.231. The molecule has 0 aliphatic carbocycles. The van der Waals surface area contributed by atoms with Crippen LogP contribution in [0.4, 0.5) is 17.1 Å². The standard InChI is InChI=1S/C33H23N3O/c1-37-31-18-16-30(17-19-31)36(28-7-3-2-4-8-28)29-14-12-24(13-15-29)10-11-25-20-27(23-35)32-9-5-6-26(22-34)33(32)21-25/h2-21H,1H3. The summed E-state index contributed by atoms with van der Waals surface area (Å²) in [6.45, 7) is 0. The van der Waals surface area contributed by atoms with Gasteiger partial charge in [-0.2, -0.15) is 10.5 Å². The maximum Gasteiger partial charge on any atom is 0.119 e. The fraction of sp³-hybridized carbons (Fsp3) is 0.0303. The Hall–Kier alpha value is -5.32. The van der Waals surface area contributed by atoms with Gasteiger partial charge in [-0.05, 0) is 77.9 Å². The maximum absolute atomic E-state index is 9.64. The molecule has 0 N–H and O–H groups in total. The lowest BCUT2D eigenvalue weighted by molar-refractivity contribution is 0.415. The van der Waals surface area contributed by atoms with Crippen LogP contribution in [0.25, 0.3) is 22.9 Å². The molecule has 0 aromatic heterocycles. The van der Waals surface area contributed by atoms with E-state index in [1.165, 1.54) is 0 Å². The lowest BCUT2D eigenvalue weighted by Crippen LogP contribution is -2.09. The predicted octanol–water partition coefficient (Wildman–Crippen LogP) is 8.23. The lowest BCUT2D eigenvalue weighted by atomic mass is 9.97. The first-order valence-electron chi connectivity index (χ1n) is 11.8. The molecule has 0 spiro atoms. The Balaban J connectivity index is 1.47. The van der Waals surface area contributed by atoms with Crippen LogP contribution in [0.3, 0.4) is 0 Å². The molecule has 5 aromatic rings. The van der Waals surface area contributed by atoms with E-state index in [2.05, 4.69) is 53.4 Å². The second-order valence-corrected chi connectivity index (χ2v) is 8.49. The van der Waals surface area contributed by atoms with E-state index in [4.69, 9.17) is 4.74 Å². The third-order valence-electron chi connectivity index (χ3n) is 6.22. The maximum atomic E-state index is 9.64. The van der Waals surface area contributed by atoms with E-state index in [1.54, 1.807) is 13.2 Å². The zero-order valence-corrected chi connectivity index (χ0v) is 20.3. The summed E-state index contributed by atoms with van der Waals surface area (Å²) in [6, 6.07) is 40.3. The van der Waals surface area contributed by atoms with E-state index < -0.39 is 0 Å². The Morgan fingerprint density at radius 2 is 1.22 bits per heavy atom. The van der Waals surface area contributed by atoms with Crippen LogP contribution in [0.15, 0.2) is 109 Å². The molecule has 0 radical (unpaired) electrons. The molecule has 4 nitrogen and oxygen atoms in total. The molecule has 0 heterocycles. The Morgan fingerprint density at radius 1 is 0.595 bits per heavy atom. The number of hydrogen-bond acceptors (Lipinski definition) is 4. The zero-order valence-electron chi connectivity index (χ0n) is 20.3. The molecule has 0 atom stereocenters. The Morgan fingerprint density at radius 3 is 1.86 bits per heavy atom. The molecule has 0 saturated heterocycles. The van der Waals surface area contributed by atoms with Crippen LogP contribution in [0.2, 0.25) is 0 Å². The van der Waals surface area contributed by atoms with Gasteiger partial charge in [-0.15, -0.1) is 0 Å². The van der Waals surface area contributed by atoms with E-state index in [1.807, 2.05) is 78.9 Å². The number of fused-ring (bicyclic) bond motifs is 1. The van der Waals surface area contributed by atoms with Crippen molar-refractivity contribution >= 4 is 40.0 Å². The summed E-state index contributed by atoms with van der Waals surface area (Å²) in [7, 11) is 1.66. The molecular formula is C33H23N3O. The summed E-state index contributed by atoms with van der Waals surface area (Å²) in [6.07, 6.45) is 3.99. The molecule has 0 aliphatic rings. The first-order chi connectivity index (χ1) is 18.2. The minimum absolute atomic E-state index is 0.558. The van der Waals surface area contributed by atoms with Crippen molar-refractivity contribution in [2.24, 2.45) is 0 Å². The van der Waals surface area contributed by atoms with E-state index in [0.29, 0.717) is 11.1 Å². The van der Waals surface area contributed by atoms with Crippen LogP contribution in [0.5, 0.6) is 5.75 Å². The first kappa shape index (κ1) is 23.4. The van der Waals surface area contributed by atoms with Crippen molar-refractivity contribution in [3.63, 3.8) is 0 Å². The second kappa shape index (κ2) is 10.5. The van der Waals surface area contributed by atoms with E-state index in [0.717, 1.165) is 44.7 Å². The van der Waals surface area contributed by atoms with Crippen molar-refractivity contribution in [2.45, 2.75) is 0 Å². The topological polar surface area (TPSA) is 60.0 Å². The summed E-state index contributed by atoms with van der Waals surface area (Å²) < 4.78 is 5.33. The van der Waals surface area contributed by atoms with Gasteiger partial charge in [-0.3, -0.25) is 0 Å². The minimum Gasteiger partial charge on any atom is -0.497 e. The van der Waals surface area contributed by atoms with Gasteiger partial charge in [0.25, 0.3) is 0 Å². The summed E-state index contributed by atoms with van der Waals surface area (Å²) >= 11 is 0. The second-order valence-electron chi connectivity index (χ2n) is 8.49. The van der Waals surface area contributed by atoms with Crippen molar-refractivity contribution in [3.05, 3.63) is 131 Å². The molecule has 5 aromatic carbocycles. The fourth-order valence-electron chi connectivity index (χ4n) is 4.38. The monoisotopic (exact) mass is 477 g/mol. The molecule has 5 rings (SSSR count). The van der Waals surface area contributed by atoms with Gasteiger partial charge >= 0.3 is 0 Å². The lowest BCUT2D eigenvalue weighted by Gasteiger charge is -2.25. The van der Waals surface area contributed by atoms with Crippen LogP contribution in [0, 0.1) is 22.7 Å². The largest absolute Gasteiger partial charge is 0.497 e. The normalized spacial score (nSPS) is 10.7. The van der Waals surface area contributed by atoms with Crippen molar-refractivity contribution in [3.8, 4) is 17.9 Å². The Kier molecular flexibility index (Phi) is 6.66. The molecule has 4 heteroatoms. The van der Waals surface area contributed by atoms with Gasteiger partial charge in [0, 0.05) is 27.8 Å². The van der Waals surface area contributed by atoms with E-state index >= 15 is 0 Å². The summed E-state index contributed by atoms with van der Waals surface area (Å²) in [5, 5.41) is 20.7. The molecular weight excluding hydrogens is 454 g/mol. The number of benzene rings is 5. The molecule has 0 bridgehead atoms. The third kappa shape index (κ3) is 4.91. The summed E-state index contributed by atoms with van der Waals surface area (Å²) in [5.41, 5.74) is 6.15. The molecule has 0 saturated carbocycles. The average Bonchev–Trinajstić information content (AvgIpc) is 2.97. The van der Waals surface area contributed by atoms with Gasteiger partial charge in [-0.1, -0.05) is 54.6 Å². The number of para-hydroxylation sites is 1. The highest BCUT2D eigenvalue weighted by atomic mass is 16.5. The van der Waals surface area contributed by atoms with Crippen molar-refractivity contribution in [1.29, 1.82) is 10.5 Å². The Labute approximate surface area is 216 Å². The first-order valence-corrected chi connectivity index (χ1v) is 11.8. The number of anilines is 3. The van der Waals surface area contributed by atoms with Gasteiger partial charge in [0.1, 0.15) is 5.75 Å². The SMILES string of the molecule is COc1ccc(N(c2ccccc2)c2ccc(C=Cc3cc(C#N)c4cccc(C#N)c4c3)cc2)cc1. The molecule has 0 unspecified atom stereocenters. The van der Waals surface area contributed by atoms with Gasteiger partial charge in [0.15, 0.2) is 0 Å². The third-order valence-corrected chi connectivity index (χ3v) is 6.22. The van der Waals surface area contributed by atoms with Gasteiger partial charge in [0.05, 0.1) is 30.4 Å². The minimum atomic E-state index is 0.558. The predicted molar refractivity (Wildman–Crippen MR) is 150 cm³/mol. The summed E-state index contributed by atoms with van der Waals surface area (Å²) in [4.78, 5) is 2.19. The number of methoxy groups -OCH3 is 1. The van der Waals surface area contributed by atoms with Gasteiger partial charge < -0.3 is 9.64 Å². The van der Waals surface area contributed by atoms with E-state index in [9.17, 15) is 10.5 Å². The van der Waals surface area contributed by atoms with Crippen LogP contribution < -0.4 is 9.64 Å². The van der Waals surface area contributed by atoms with Gasteiger partial charge in [-0.25, -0.2) is 0 Å². The Bertz CT molecular complexity index is 1660. The highest BCUT2D eigenvalue weighted by Crippen LogP contribution is 2.35. The zero-order chi connectivity index (χ0) is 25.6. The van der Waals surface area contributed by atoms with Crippen molar-refractivity contribution in [1.82, 2.24) is 0 Å². The van der Waals surface area contributed by atoms with Crippen molar-refractivity contribution in [2.75, 3.05) is 12.0 Å². The molecule has 37 heavy (non-hydrogen) atoms. The number of nitrogens with zero attached hydrogens (tertiary/aromatic N) is 3. The van der Waals surface area contributed by atoms with Gasteiger partial charge in [0.2, 0.25) is 0 Å². The summed E-state index contributed by atoms with van der Waals surface area (Å²) in [5.74, 6) is 0.812. The van der Waals surface area contributed by atoms with Crippen LogP contribution in [-0.4, -0.2) is 7.11 Å². The number of ether oxygens (including phenoxy) is 1. The van der Waals surface area contributed by atoms with E-state index in [-0.39, 0.29) is 0 Å². The van der Waals surface area contributed by atoms with Crippen LogP contribution >= 0.6 is 0 Å². The fourth-order valence-corrected chi connectivity index (χ4v) is 4.38.